The zero-order valence-corrected chi connectivity index (χ0v) is 19.2. The first-order chi connectivity index (χ1) is 16.3. The molecular formula is C23H16ClN5O4S. The summed E-state index contributed by atoms with van der Waals surface area (Å²) in [6.45, 7) is 1.12. The zero-order valence-electron chi connectivity index (χ0n) is 17.6. The molecule has 0 spiro atoms. The molecule has 2 aromatic heterocycles. The average Bonchev–Trinajstić information content (AvgIpc) is 3.18. The van der Waals surface area contributed by atoms with Crippen LogP contribution in [0, 0.1) is 0 Å². The van der Waals surface area contributed by atoms with E-state index in [0.29, 0.717) is 33.0 Å². The van der Waals surface area contributed by atoms with Gasteiger partial charge in [-0.1, -0.05) is 35.9 Å². The zero-order chi connectivity index (χ0) is 24.0. The highest BCUT2D eigenvalue weighted by atomic mass is 35.5. The molecule has 0 aliphatic carbocycles. The Morgan fingerprint density at radius 2 is 1.65 bits per heavy atom. The summed E-state index contributed by atoms with van der Waals surface area (Å²) in [4.78, 5) is 29.0. The van der Waals surface area contributed by atoms with Crippen molar-refractivity contribution in [2.24, 2.45) is 0 Å². The molecule has 5 aromatic rings. The molecule has 0 saturated carbocycles. The number of amides is 1. The molecule has 0 aliphatic heterocycles. The number of benzene rings is 3. The number of nitrogens with zero attached hydrogens (tertiary/aromatic N) is 4. The van der Waals surface area contributed by atoms with Gasteiger partial charge in [0.05, 0.1) is 26.5 Å². The number of hydrogen-bond acceptors (Lipinski definition) is 6. The van der Waals surface area contributed by atoms with Crippen molar-refractivity contribution in [3.8, 4) is 17.1 Å². The second-order valence-electron chi connectivity index (χ2n) is 7.44. The number of aromatic nitrogens is 4. The third kappa shape index (κ3) is 3.62. The minimum atomic E-state index is -4.01. The summed E-state index contributed by atoms with van der Waals surface area (Å²) in [5.41, 5.74) is 1.20. The molecule has 1 amide bonds. The van der Waals surface area contributed by atoms with Gasteiger partial charge in [-0.25, -0.2) is 18.1 Å². The smallest absolute Gasteiger partial charge is 0.274 e. The molecule has 34 heavy (non-hydrogen) atoms. The topological polar surface area (TPSA) is 115 Å². The average molecular weight is 494 g/mol. The van der Waals surface area contributed by atoms with Crippen LogP contribution in [0.4, 0.5) is 0 Å². The first kappa shape index (κ1) is 21.8. The quantitative estimate of drug-likeness (QED) is 0.411. The van der Waals surface area contributed by atoms with E-state index in [0.717, 1.165) is 6.92 Å². The number of hydrogen-bond donors (Lipinski definition) is 1. The SMILES string of the molecule is CC(=O)NS(=O)(=O)c1ccc(-n2c(-c3ccccc3Cl)nn3c(=O)c4ccccc4nc23)cc1. The third-order valence-corrected chi connectivity index (χ3v) is 6.92. The Balaban J connectivity index is 1.80. The number of nitrogens with one attached hydrogen (secondary N) is 1. The summed E-state index contributed by atoms with van der Waals surface area (Å²) >= 11 is 6.44. The van der Waals surface area contributed by atoms with E-state index in [-0.39, 0.29) is 16.2 Å². The van der Waals surface area contributed by atoms with Crippen LogP contribution in [0.5, 0.6) is 0 Å². The molecule has 9 nitrogen and oxygen atoms in total. The molecule has 170 valence electrons. The van der Waals surface area contributed by atoms with E-state index in [1.807, 2.05) is 4.72 Å². The molecule has 3 aromatic carbocycles. The Kier molecular flexibility index (Phi) is 5.18. The number of rotatable bonds is 4. The fourth-order valence-electron chi connectivity index (χ4n) is 3.66. The normalized spacial score (nSPS) is 11.7. The maximum Gasteiger partial charge on any atom is 0.283 e. The molecule has 0 fully saturated rings. The highest BCUT2D eigenvalue weighted by molar-refractivity contribution is 7.90. The van der Waals surface area contributed by atoms with Crippen LogP contribution in [-0.4, -0.2) is 33.5 Å². The van der Waals surface area contributed by atoms with Crippen molar-refractivity contribution in [3.05, 3.63) is 88.2 Å². The van der Waals surface area contributed by atoms with Gasteiger partial charge in [-0.2, -0.15) is 4.52 Å². The Labute approximate surface area is 198 Å². The molecule has 1 N–H and O–H groups in total. The molecule has 11 heteroatoms. The van der Waals surface area contributed by atoms with E-state index in [9.17, 15) is 18.0 Å². The summed E-state index contributed by atoms with van der Waals surface area (Å²) in [6, 6.07) is 19.8. The van der Waals surface area contributed by atoms with Crippen LogP contribution in [0.15, 0.2) is 82.5 Å². The molecule has 0 bridgehead atoms. The van der Waals surface area contributed by atoms with E-state index in [4.69, 9.17) is 11.6 Å². The molecule has 2 heterocycles. The molecular weight excluding hydrogens is 478 g/mol. The summed E-state index contributed by atoms with van der Waals surface area (Å²) in [5, 5.41) is 5.35. The van der Waals surface area contributed by atoms with Crippen molar-refractivity contribution in [2.45, 2.75) is 11.8 Å². The number of para-hydroxylation sites is 1. The van der Waals surface area contributed by atoms with E-state index < -0.39 is 15.9 Å². The predicted molar refractivity (Wildman–Crippen MR) is 128 cm³/mol. The van der Waals surface area contributed by atoms with Gasteiger partial charge in [0.1, 0.15) is 0 Å². The fraction of sp³-hybridized carbons (Fsp3) is 0.0435. The van der Waals surface area contributed by atoms with Crippen molar-refractivity contribution < 1.29 is 13.2 Å². The van der Waals surface area contributed by atoms with E-state index in [1.54, 1.807) is 53.1 Å². The second-order valence-corrected chi connectivity index (χ2v) is 9.53. The van der Waals surface area contributed by atoms with Gasteiger partial charge < -0.3 is 0 Å². The Bertz CT molecular complexity index is 1760. The molecule has 0 aliphatic rings. The van der Waals surface area contributed by atoms with Crippen molar-refractivity contribution in [3.63, 3.8) is 0 Å². The van der Waals surface area contributed by atoms with Crippen molar-refractivity contribution in [1.82, 2.24) is 23.9 Å². The minimum absolute atomic E-state index is 0.0919. The highest BCUT2D eigenvalue weighted by Crippen LogP contribution is 2.30. The lowest BCUT2D eigenvalue weighted by molar-refractivity contribution is -0.117. The van der Waals surface area contributed by atoms with Crippen LogP contribution < -0.4 is 10.3 Å². The van der Waals surface area contributed by atoms with Crippen molar-refractivity contribution in [2.75, 3.05) is 0 Å². The van der Waals surface area contributed by atoms with Gasteiger partial charge in [0, 0.05) is 12.5 Å². The number of sulfonamides is 1. The molecule has 5 rings (SSSR count). The standard InChI is InChI=1S/C23H16ClN5O4S/c1-14(30)27-34(32,33)16-12-10-15(11-13-16)28-21(17-6-2-4-8-19(17)24)26-29-22(31)18-7-3-5-9-20(18)25-23(28)29/h2-13H,1H3,(H,27,30). The van der Waals surface area contributed by atoms with Gasteiger partial charge in [0.15, 0.2) is 5.82 Å². The first-order valence-electron chi connectivity index (χ1n) is 10.1. The molecule has 0 radical (unpaired) electrons. The van der Waals surface area contributed by atoms with Gasteiger partial charge in [0.25, 0.3) is 15.6 Å². The monoisotopic (exact) mass is 493 g/mol. The van der Waals surface area contributed by atoms with Crippen LogP contribution in [0.25, 0.3) is 33.8 Å². The van der Waals surface area contributed by atoms with Gasteiger partial charge in [-0.3, -0.25) is 14.2 Å². The van der Waals surface area contributed by atoms with Crippen molar-refractivity contribution >= 4 is 44.2 Å². The van der Waals surface area contributed by atoms with Gasteiger partial charge in [-0.15, -0.1) is 5.10 Å². The highest BCUT2D eigenvalue weighted by Gasteiger charge is 2.21. The summed E-state index contributed by atoms with van der Waals surface area (Å²) < 4.78 is 29.5. The Morgan fingerprint density at radius 3 is 2.35 bits per heavy atom. The Hall–Kier alpha value is -4.02. The van der Waals surface area contributed by atoms with Crippen LogP contribution >= 0.6 is 11.6 Å². The maximum absolute atomic E-state index is 13.2. The molecule has 0 atom stereocenters. The minimum Gasteiger partial charge on any atom is -0.274 e. The fourth-order valence-corrected chi connectivity index (χ4v) is 4.87. The number of halogens is 1. The van der Waals surface area contributed by atoms with Gasteiger partial charge >= 0.3 is 0 Å². The van der Waals surface area contributed by atoms with E-state index in [2.05, 4.69) is 10.1 Å². The molecule has 0 saturated heterocycles. The second kappa shape index (κ2) is 8.08. The first-order valence-corrected chi connectivity index (χ1v) is 11.9. The number of carbonyl (C=O) groups excluding carboxylic acids is 1. The third-order valence-electron chi connectivity index (χ3n) is 5.14. The number of fused-ring (bicyclic) bond motifs is 2. The van der Waals surface area contributed by atoms with Gasteiger partial charge in [0.2, 0.25) is 11.7 Å². The largest absolute Gasteiger partial charge is 0.283 e. The summed E-state index contributed by atoms with van der Waals surface area (Å²) in [6.07, 6.45) is 0. The van der Waals surface area contributed by atoms with Crippen LogP contribution in [0.2, 0.25) is 5.02 Å². The van der Waals surface area contributed by atoms with Crippen LogP contribution in [-0.2, 0) is 14.8 Å². The predicted octanol–water partition coefficient (Wildman–Crippen LogP) is 3.18. The summed E-state index contributed by atoms with van der Waals surface area (Å²) in [7, 11) is -4.01. The maximum atomic E-state index is 13.2. The Morgan fingerprint density at radius 1 is 0.971 bits per heavy atom. The van der Waals surface area contributed by atoms with Crippen LogP contribution in [0.1, 0.15) is 6.92 Å². The van der Waals surface area contributed by atoms with Crippen molar-refractivity contribution in [1.29, 1.82) is 0 Å². The van der Waals surface area contributed by atoms with E-state index in [1.165, 1.54) is 28.8 Å². The van der Waals surface area contributed by atoms with Crippen LogP contribution in [0.3, 0.4) is 0 Å². The lowest BCUT2D eigenvalue weighted by Gasteiger charge is -2.10. The lowest BCUT2D eigenvalue weighted by Crippen LogP contribution is -2.28. The lowest BCUT2D eigenvalue weighted by atomic mass is 10.2. The summed E-state index contributed by atoms with van der Waals surface area (Å²) in [5.74, 6) is -0.111. The van der Waals surface area contributed by atoms with Gasteiger partial charge in [-0.05, 0) is 48.5 Å². The molecule has 0 unspecified atom stereocenters. The number of carbonyl (C=O) groups is 1. The van der Waals surface area contributed by atoms with E-state index >= 15 is 0 Å².